The fourth-order valence-corrected chi connectivity index (χ4v) is 3.45. The van der Waals surface area contributed by atoms with Gasteiger partial charge in [-0.3, -0.25) is 4.79 Å². The molecule has 30 heavy (non-hydrogen) atoms. The fraction of sp³-hybridized carbons (Fsp3) is 0.125. The van der Waals surface area contributed by atoms with Crippen LogP contribution in [0.1, 0.15) is 16.9 Å². The van der Waals surface area contributed by atoms with E-state index in [0.717, 1.165) is 22.1 Å². The molecule has 0 spiro atoms. The molecule has 0 aliphatic carbocycles. The van der Waals surface area contributed by atoms with E-state index in [4.69, 9.17) is 25.7 Å². The van der Waals surface area contributed by atoms with Gasteiger partial charge < -0.3 is 25.7 Å². The Morgan fingerprint density at radius 2 is 1.83 bits per heavy atom. The van der Waals surface area contributed by atoms with E-state index < -0.39 is 5.97 Å². The molecule has 0 fully saturated rings. The molecule has 0 aliphatic heterocycles. The highest BCUT2D eigenvalue weighted by Gasteiger charge is 2.12. The third-order valence-electron chi connectivity index (χ3n) is 4.88. The summed E-state index contributed by atoms with van der Waals surface area (Å²) in [6.07, 6.45) is -0.103. The zero-order valence-electron chi connectivity index (χ0n) is 16.3. The van der Waals surface area contributed by atoms with Gasteiger partial charge in [-0.2, -0.15) is 0 Å². The Balaban J connectivity index is 1.60. The van der Waals surface area contributed by atoms with Gasteiger partial charge in [0.1, 0.15) is 18.1 Å². The van der Waals surface area contributed by atoms with Crippen LogP contribution in [0.5, 0.6) is 5.75 Å². The van der Waals surface area contributed by atoms with Crippen LogP contribution in [0.2, 0.25) is 0 Å². The first kappa shape index (κ1) is 19.5. The predicted octanol–water partition coefficient (Wildman–Crippen LogP) is 4.35. The third-order valence-corrected chi connectivity index (χ3v) is 4.88. The second-order valence-electron chi connectivity index (χ2n) is 7.07. The Bertz CT molecular complexity index is 1210. The number of carbonyl (C=O) groups is 1. The van der Waals surface area contributed by atoms with Gasteiger partial charge in [0.05, 0.1) is 12.1 Å². The Kier molecular flexibility index (Phi) is 5.41. The molecule has 0 atom stereocenters. The average Bonchev–Trinajstić information content (AvgIpc) is 3.16. The molecule has 3 aromatic carbocycles. The molecule has 0 unspecified atom stereocenters. The summed E-state index contributed by atoms with van der Waals surface area (Å²) in [7, 11) is 0. The average molecular weight is 402 g/mol. The molecule has 0 bridgehead atoms. The summed E-state index contributed by atoms with van der Waals surface area (Å²) in [5.74, 6) is 0.219. The smallest absolute Gasteiger partial charge is 0.307 e. The van der Waals surface area contributed by atoms with Gasteiger partial charge in [-0.1, -0.05) is 36.4 Å². The molecule has 152 valence electrons. The zero-order valence-corrected chi connectivity index (χ0v) is 16.3. The minimum Gasteiger partial charge on any atom is -0.485 e. The zero-order chi connectivity index (χ0) is 21.1. The summed E-state index contributed by atoms with van der Waals surface area (Å²) in [5.41, 5.74) is 16.8. The summed E-state index contributed by atoms with van der Waals surface area (Å²) in [5, 5.41) is 9.94. The first-order valence-electron chi connectivity index (χ1n) is 9.57. The molecule has 0 amide bonds. The minimum absolute atomic E-state index is 0.103. The number of hydrogen-bond donors (Lipinski definition) is 3. The van der Waals surface area contributed by atoms with Crippen molar-refractivity contribution in [2.45, 2.75) is 19.6 Å². The van der Waals surface area contributed by atoms with Crippen molar-refractivity contribution in [3.05, 3.63) is 83.6 Å². The number of para-hydroxylation sites is 1. The summed E-state index contributed by atoms with van der Waals surface area (Å²) >= 11 is 0. The molecule has 1 aromatic heterocycles. The van der Waals surface area contributed by atoms with Crippen molar-refractivity contribution in [2.75, 3.05) is 5.73 Å². The molecule has 0 saturated carbocycles. The topological polar surface area (TPSA) is 112 Å². The highest BCUT2D eigenvalue weighted by atomic mass is 16.5. The summed E-state index contributed by atoms with van der Waals surface area (Å²) in [6, 6.07) is 20.9. The molecular weight excluding hydrogens is 380 g/mol. The Labute approximate surface area is 173 Å². The highest BCUT2D eigenvalue weighted by Crippen LogP contribution is 2.32. The van der Waals surface area contributed by atoms with E-state index in [2.05, 4.69) is 0 Å². The number of fused-ring (bicyclic) bond motifs is 1. The van der Waals surface area contributed by atoms with Gasteiger partial charge in [0.25, 0.3) is 0 Å². The molecule has 5 N–H and O–H groups in total. The molecule has 0 saturated heterocycles. The number of aliphatic carboxylic acids is 1. The number of anilines is 1. The monoisotopic (exact) mass is 402 g/mol. The van der Waals surface area contributed by atoms with E-state index in [1.807, 2.05) is 42.5 Å². The Hall–Kier alpha value is -3.77. The van der Waals surface area contributed by atoms with Gasteiger partial charge in [-0.15, -0.1) is 0 Å². The number of carboxylic acid groups (broad SMARTS) is 1. The number of nitrogens with two attached hydrogens (primary N) is 2. The van der Waals surface area contributed by atoms with E-state index >= 15 is 0 Å². The number of benzene rings is 3. The summed E-state index contributed by atoms with van der Waals surface area (Å²) < 4.78 is 11.7. The number of hydrogen-bond acceptors (Lipinski definition) is 5. The van der Waals surface area contributed by atoms with Crippen molar-refractivity contribution < 1.29 is 19.1 Å². The lowest BCUT2D eigenvalue weighted by Gasteiger charge is -2.08. The number of carboxylic acids is 1. The SMILES string of the molecule is NCc1cccc(-c2cc(N)c3oc(COc4ccccc4CC(=O)O)cc3c2)c1. The van der Waals surface area contributed by atoms with E-state index in [1.165, 1.54) is 0 Å². The largest absolute Gasteiger partial charge is 0.485 e. The number of furan rings is 1. The van der Waals surface area contributed by atoms with Gasteiger partial charge >= 0.3 is 5.97 Å². The Morgan fingerprint density at radius 3 is 2.63 bits per heavy atom. The van der Waals surface area contributed by atoms with Crippen molar-refractivity contribution in [1.29, 1.82) is 0 Å². The molecule has 4 aromatic rings. The number of ether oxygens (including phenoxy) is 1. The van der Waals surface area contributed by atoms with Gasteiger partial charge in [-0.05, 0) is 47.0 Å². The molecule has 0 radical (unpaired) electrons. The summed E-state index contributed by atoms with van der Waals surface area (Å²) in [6.45, 7) is 0.644. The van der Waals surface area contributed by atoms with E-state index in [9.17, 15) is 4.79 Å². The standard InChI is InChI=1S/C24H22N2O4/c25-13-15-4-3-6-16(8-15)18-9-19-10-20(30-24(19)21(26)11-18)14-29-22-7-2-1-5-17(22)12-23(27)28/h1-11H,12-14,25-26H2,(H,27,28). The predicted molar refractivity (Wildman–Crippen MR) is 116 cm³/mol. The first-order chi connectivity index (χ1) is 14.5. The van der Waals surface area contributed by atoms with Gasteiger partial charge in [-0.25, -0.2) is 0 Å². The van der Waals surface area contributed by atoms with Crippen molar-refractivity contribution in [3.63, 3.8) is 0 Å². The second-order valence-corrected chi connectivity index (χ2v) is 7.07. The lowest BCUT2D eigenvalue weighted by molar-refractivity contribution is -0.136. The van der Waals surface area contributed by atoms with Crippen LogP contribution in [0.25, 0.3) is 22.1 Å². The number of rotatable bonds is 7. The van der Waals surface area contributed by atoms with Gasteiger partial charge in [0.15, 0.2) is 5.58 Å². The van der Waals surface area contributed by atoms with Crippen LogP contribution in [0.4, 0.5) is 5.69 Å². The maximum Gasteiger partial charge on any atom is 0.307 e. The molecular formula is C24H22N2O4. The fourth-order valence-electron chi connectivity index (χ4n) is 3.45. The van der Waals surface area contributed by atoms with Crippen LogP contribution >= 0.6 is 0 Å². The summed E-state index contributed by atoms with van der Waals surface area (Å²) in [4.78, 5) is 11.0. The van der Waals surface area contributed by atoms with Crippen LogP contribution in [0.15, 0.2) is 71.1 Å². The molecule has 1 heterocycles. The van der Waals surface area contributed by atoms with Crippen LogP contribution < -0.4 is 16.2 Å². The van der Waals surface area contributed by atoms with Crippen LogP contribution in [-0.4, -0.2) is 11.1 Å². The number of nitrogen functional groups attached to an aromatic ring is 1. The van der Waals surface area contributed by atoms with Crippen molar-refractivity contribution in [2.24, 2.45) is 5.73 Å². The second kappa shape index (κ2) is 8.31. The van der Waals surface area contributed by atoms with Crippen molar-refractivity contribution in [3.8, 4) is 16.9 Å². The first-order valence-corrected chi connectivity index (χ1v) is 9.57. The molecule has 6 heteroatoms. The lowest BCUT2D eigenvalue weighted by atomic mass is 10.0. The maximum absolute atomic E-state index is 11.0. The minimum atomic E-state index is -0.909. The molecule has 0 aliphatic rings. The van der Waals surface area contributed by atoms with Crippen LogP contribution in [-0.2, 0) is 24.4 Å². The van der Waals surface area contributed by atoms with Gasteiger partial charge in [0, 0.05) is 17.5 Å². The van der Waals surface area contributed by atoms with Crippen molar-refractivity contribution in [1.82, 2.24) is 0 Å². The van der Waals surface area contributed by atoms with Crippen molar-refractivity contribution >= 4 is 22.6 Å². The maximum atomic E-state index is 11.0. The highest BCUT2D eigenvalue weighted by molar-refractivity contribution is 5.93. The Morgan fingerprint density at radius 1 is 1.00 bits per heavy atom. The molecule has 6 nitrogen and oxygen atoms in total. The molecule has 4 rings (SSSR count). The van der Waals surface area contributed by atoms with Crippen LogP contribution in [0, 0.1) is 0 Å². The third kappa shape index (κ3) is 4.14. The van der Waals surface area contributed by atoms with E-state index in [-0.39, 0.29) is 13.0 Å². The van der Waals surface area contributed by atoms with Gasteiger partial charge in [0.2, 0.25) is 0 Å². The van der Waals surface area contributed by atoms with E-state index in [0.29, 0.717) is 34.9 Å². The normalized spacial score (nSPS) is 11.0. The quantitative estimate of drug-likeness (QED) is 0.396. The van der Waals surface area contributed by atoms with E-state index in [1.54, 1.807) is 24.3 Å². The lowest BCUT2D eigenvalue weighted by Crippen LogP contribution is -2.03. The van der Waals surface area contributed by atoms with Crippen LogP contribution in [0.3, 0.4) is 0 Å².